The summed E-state index contributed by atoms with van der Waals surface area (Å²) < 4.78 is 5.21. The molecule has 156 valence electrons. The van der Waals surface area contributed by atoms with Gasteiger partial charge in [-0.1, -0.05) is 29.3 Å². The number of halogens is 2. The molecule has 0 atom stereocenters. The van der Waals surface area contributed by atoms with Crippen molar-refractivity contribution in [3.63, 3.8) is 0 Å². The Kier molecular flexibility index (Phi) is 6.66. The molecule has 0 radical (unpaired) electrons. The summed E-state index contributed by atoms with van der Waals surface area (Å²) in [4.78, 5) is 41.6. The summed E-state index contributed by atoms with van der Waals surface area (Å²) in [5, 5.41) is 11.0. The number of rotatable bonds is 5. The Hall–Kier alpha value is -2.29. The first kappa shape index (κ1) is 21.4. The van der Waals surface area contributed by atoms with E-state index in [0.717, 1.165) is 5.56 Å². The second-order valence-corrected chi connectivity index (χ2v) is 7.71. The van der Waals surface area contributed by atoms with E-state index in [0.29, 0.717) is 36.3 Å². The maximum Gasteiger partial charge on any atom is 0.290 e. The molecule has 0 saturated carbocycles. The second kappa shape index (κ2) is 9.02. The highest BCUT2D eigenvalue weighted by Crippen LogP contribution is 2.24. The van der Waals surface area contributed by atoms with Crippen LogP contribution in [0.4, 0.5) is 0 Å². The molecule has 10 heteroatoms. The minimum atomic E-state index is -0.724. The molecular weight excluding hydrogens is 421 g/mol. The van der Waals surface area contributed by atoms with Gasteiger partial charge in [0.05, 0.1) is 35.4 Å². The molecule has 1 saturated heterocycles. The molecule has 1 aromatic rings. The molecule has 1 fully saturated rings. The van der Waals surface area contributed by atoms with Crippen molar-refractivity contribution in [3.05, 3.63) is 45.1 Å². The predicted molar refractivity (Wildman–Crippen MR) is 107 cm³/mol. The van der Waals surface area contributed by atoms with Gasteiger partial charge in [0.25, 0.3) is 11.8 Å². The van der Waals surface area contributed by atoms with Gasteiger partial charge in [-0.15, -0.1) is 0 Å². The van der Waals surface area contributed by atoms with E-state index in [1.807, 2.05) is 0 Å². The fraction of sp³-hybridized carbons (Fsp3) is 0.421. The topological polar surface area (TPSA) is 90.4 Å². The number of aliphatic hydroxyl groups is 1. The summed E-state index contributed by atoms with van der Waals surface area (Å²) in [6, 6.07) is 5.01. The zero-order chi connectivity index (χ0) is 21.1. The molecule has 3 rings (SSSR count). The van der Waals surface area contributed by atoms with Crippen molar-refractivity contribution in [2.24, 2.45) is 0 Å². The van der Waals surface area contributed by atoms with Gasteiger partial charge in [-0.25, -0.2) is 0 Å². The van der Waals surface area contributed by atoms with Crippen LogP contribution in [0.25, 0.3) is 0 Å². The van der Waals surface area contributed by atoms with E-state index in [9.17, 15) is 19.5 Å². The molecule has 2 aliphatic heterocycles. The Bertz CT molecular complexity index is 867. The highest BCUT2D eigenvalue weighted by Gasteiger charge is 2.36. The second-order valence-electron chi connectivity index (χ2n) is 6.89. The molecule has 0 aromatic heterocycles. The third-order valence-corrected chi connectivity index (χ3v) is 5.56. The predicted octanol–water partition coefficient (Wildman–Crippen LogP) is 1.46. The van der Waals surface area contributed by atoms with Crippen LogP contribution in [-0.4, -0.2) is 84.0 Å². The monoisotopic (exact) mass is 441 g/mol. The van der Waals surface area contributed by atoms with Crippen molar-refractivity contribution in [2.75, 3.05) is 46.4 Å². The molecule has 0 aliphatic carbocycles. The van der Waals surface area contributed by atoms with E-state index in [2.05, 4.69) is 0 Å². The highest BCUT2D eigenvalue weighted by atomic mass is 35.5. The number of hydrogen-bond acceptors (Lipinski definition) is 5. The number of ether oxygens (including phenoxy) is 1. The van der Waals surface area contributed by atoms with Crippen molar-refractivity contribution in [1.29, 1.82) is 0 Å². The van der Waals surface area contributed by atoms with Crippen LogP contribution >= 0.6 is 23.2 Å². The molecule has 0 spiro atoms. The first-order valence-electron chi connectivity index (χ1n) is 9.04. The van der Waals surface area contributed by atoms with Crippen LogP contribution in [0.3, 0.4) is 0 Å². The van der Waals surface area contributed by atoms with Crippen molar-refractivity contribution >= 4 is 40.9 Å². The van der Waals surface area contributed by atoms with Crippen LogP contribution in [0.15, 0.2) is 29.5 Å². The van der Waals surface area contributed by atoms with Gasteiger partial charge in [0.15, 0.2) is 5.76 Å². The average Bonchev–Trinajstić information content (AvgIpc) is 2.99. The molecule has 1 N–H and O–H groups in total. The van der Waals surface area contributed by atoms with Gasteiger partial charge in [0.1, 0.15) is 6.54 Å². The van der Waals surface area contributed by atoms with Crippen LogP contribution in [0.2, 0.25) is 10.0 Å². The van der Waals surface area contributed by atoms with Crippen molar-refractivity contribution in [1.82, 2.24) is 14.7 Å². The number of aliphatic hydroxyl groups excluding tert-OH is 1. The minimum Gasteiger partial charge on any atom is -0.503 e. The summed E-state index contributed by atoms with van der Waals surface area (Å²) in [7, 11) is 1.55. The molecule has 1 aromatic carbocycles. The van der Waals surface area contributed by atoms with E-state index < -0.39 is 17.6 Å². The number of benzene rings is 1. The Labute approximate surface area is 178 Å². The van der Waals surface area contributed by atoms with E-state index in [4.69, 9.17) is 27.9 Å². The molecule has 3 amide bonds. The summed E-state index contributed by atoms with van der Waals surface area (Å²) >= 11 is 11.9. The van der Waals surface area contributed by atoms with Gasteiger partial charge >= 0.3 is 0 Å². The van der Waals surface area contributed by atoms with Crippen molar-refractivity contribution in [3.8, 4) is 0 Å². The maximum atomic E-state index is 12.7. The van der Waals surface area contributed by atoms with Gasteiger partial charge in [-0.2, -0.15) is 0 Å². The zero-order valence-corrected chi connectivity index (χ0v) is 17.4. The highest BCUT2D eigenvalue weighted by molar-refractivity contribution is 6.42. The van der Waals surface area contributed by atoms with E-state index >= 15 is 0 Å². The number of hydrogen-bond donors (Lipinski definition) is 1. The normalized spacial score (nSPS) is 17.1. The van der Waals surface area contributed by atoms with Crippen molar-refractivity contribution < 1.29 is 24.2 Å². The van der Waals surface area contributed by atoms with E-state index in [-0.39, 0.29) is 31.1 Å². The van der Waals surface area contributed by atoms with Crippen LogP contribution in [0.5, 0.6) is 0 Å². The number of nitrogens with zero attached hydrogens (tertiary/aromatic N) is 3. The Morgan fingerprint density at radius 1 is 1.21 bits per heavy atom. The molecular formula is C19H21Cl2N3O5. The third-order valence-electron chi connectivity index (χ3n) is 4.82. The van der Waals surface area contributed by atoms with Gasteiger partial charge in [-0.3, -0.25) is 14.4 Å². The number of carbonyl (C=O) groups is 3. The van der Waals surface area contributed by atoms with Crippen LogP contribution in [0.1, 0.15) is 5.56 Å². The summed E-state index contributed by atoms with van der Waals surface area (Å²) in [6.45, 7) is 1.71. The van der Waals surface area contributed by atoms with Gasteiger partial charge in [0, 0.05) is 26.7 Å². The third kappa shape index (κ3) is 4.83. The number of morpholine rings is 1. The standard InChI is InChI=1S/C19H21Cl2N3O5/c1-22(9-12-2-3-14(20)15(21)8-12)18(27)13-10-24(19(28)17(13)26)11-16(25)23-4-6-29-7-5-23/h2-3,8,26H,4-7,9-11H2,1H3. The SMILES string of the molecule is CN(Cc1ccc(Cl)c(Cl)c1)C(=O)C1=C(O)C(=O)N(CC(=O)N2CCOCC2)C1. The lowest BCUT2D eigenvalue weighted by molar-refractivity contribution is -0.141. The minimum absolute atomic E-state index is 0.0349. The number of carbonyl (C=O) groups excluding carboxylic acids is 3. The smallest absolute Gasteiger partial charge is 0.290 e. The molecule has 2 heterocycles. The molecule has 2 aliphatic rings. The fourth-order valence-corrected chi connectivity index (χ4v) is 3.52. The lowest BCUT2D eigenvalue weighted by atomic mass is 10.2. The summed E-state index contributed by atoms with van der Waals surface area (Å²) in [5.74, 6) is -2.08. The Morgan fingerprint density at radius 2 is 1.90 bits per heavy atom. The quantitative estimate of drug-likeness (QED) is 0.746. The fourth-order valence-electron chi connectivity index (χ4n) is 3.20. The molecule has 0 unspecified atom stereocenters. The zero-order valence-electron chi connectivity index (χ0n) is 15.9. The summed E-state index contributed by atoms with van der Waals surface area (Å²) in [6.07, 6.45) is 0. The van der Waals surface area contributed by atoms with Gasteiger partial charge in [0.2, 0.25) is 5.91 Å². The van der Waals surface area contributed by atoms with Crippen LogP contribution in [0, 0.1) is 0 Å². The Morgan fingerprint density at radius 3 is 2.55 bits per heavy atom. The van der Waals surface area contributed by atoms with Gasteiger partial charge in [-0.05, 0) is 17.7 Å². The largest absolute Gasteiger partial charge is 0.503 e. The lowest BCUT2D eigenvalue weighted by Gasteiger charge is -2.28. The van der Waals surface area contributed by atoms with E-state index in [1.165, 1.54) is 9.80 Å². The van der Waals surface area contributed by atoms with Crippen LogP contribution < -0.4 is 0 Å². The molecule has 0 bridgehead atoms. The maximum absolute atomic E-state index is 12.7. The molecule has 29 heavy (non-hydrogen) atoms. The Balaban J connectivity index is 1.63. The summed E-state index contributed by atoms with van der Waals surface area (Å²) in [5.41, 5.74) is 0.714. The first-order valence-corrected chi connectivity index (χ1v) is 9.80. The number of amides is 3. The average molecular weight is 442 g/mol. The number of likely N-dealkylation sites (N-methyl/N-ethyl adjacent to an activating group) is 1. The van der Waals surface area contributed by atoms with Gasteiger partial charge < -0.3 is 24.5 Å². The van der Waals surface area contributed by atoms with Crippen LogP contribution in [-0.2, 0) is 25.7 Å². The molecule has 8 nitrogen and oxygen atoms in total. The lowest BCUT2D eigenvalue weighted by Crippen LogP contribution is -2.46. The first-order chi connectivity index (χ1) is 13.8. The van der Waals surface area contributed by atoms with Crippen molar-refractivity contribution in [2.45, 2.75) is 6.54 Å². The van der Waals surface area contributed by atoms with E-state index in [1.54, 1.807) is 30.1 Å².